The molecule has 0 fully saturated rings. The van der Waals surface area contributed by atoms with Crippen LogP contribution in [-0.4, -0.2) is 0 Å². The van der Waals surface area contributed by atoms with Crippen molar-refractivity contribution in [2.45, 2.75) is 32.1 Å². The lowest BCUT2D eigenvalue weighted by molar-refractivity contribution is 0.660. The van der Waals surface area contributed by atoms with E-state index in [4.69, 9.17) is 0 Å². The molecule has 0 aliphatic heterocycles. The maximum absolute atomic E-state index is 2.49. The highest BCUT2D eigenvalue weighted by molar-refractivity contribution is 5.97. The molecule has 0 radical (unpaired) electrons. The van der Waals surface area contributed by atoms with E-state index in [1.54, 1.807) is 0 Å². The van der Waals surface area contributed by atoms with E-state index in [-0.39, 0.29) is 5.41 Å². The number of hydrogen-bond acceptors (Lipinski definition) is 2. The maximum Gasteiger partial charge on any atom is 0.0564 e. The average Bonchev–Trinajstić information content (AvgIpc) is 3.46. The summed E-state index contributed by atoms with van der Waals surface area (Å²) in [5.74, 6) is 0. The van der Waals surface area contributed by atoms with Gasteiger partial charge in [0.15, 0.2) is 0 Å². The van der Waals surface area contributed by atoms with Crippen LogP contribution in [0.3, 0.4) is 0 Å². The number of rotatable bonds is 8. The minimum absolute atomic E-state index is 0.195. The summed E-state index contributed by atoms with van der Waals surface area (Å²) < 4.78 is 0. The van der Waals surface area contributed by atoms with E-state index >= 15 is 0 Å². The Kier molecular flexibility index (Phi) is 8.37. The van der Waals surface area contributed by atoms with Crippen molar-refractivity contribution >= 4 is 28.4 Å². The average molecular weight is 683 g/mol. The molecule has 0 bridgehead atoms. The zero-order valence-electron chi connectivity index (χ0n) is 30.3. The lowest BCUT2D eigenvalue weighted by Gasteiger charge is -2.34. The minimum Gasteiger partial charge on any atom is -0.314 e. The molecule has 2 heteroatoms. The predicted octanol–water partition coefficient (Wildman–Crippen LogP) is 14.2. The summed E-state index contributed by atoms with van der Waals surface area (Å²) in [7, 11) is 0. The van der Waals surface area contributed by atoms with Gasteiger partial charge in [-0.25, -0.2) is 0 Å². The van der Waals surface area contributed by atoms with Gasteiger partial charge in [0, 0.05) is 39.4 Å². The van der Waals surface area contributed by atoms with Gasteiger partial charge in [-0.15, -0.1) is 0 Å². The molecule has 9 rings (SSSR count). The molecule has 2 nitrogen and oxygen atoms in total. The summed E-state index contributed by atoms with van der Waals surface area (Å²) >= 11 is 0. The van der Waals surface area contributed by atoms with Crippen molar-refractivity contribution in [2.75, 3.05) is 9.80 Å². The molecule has 0 atom stereocenters. The van der Waals surface area contributed by atoms with Crippen molar-refractivity contribution in [3.05, 3.63) is 211 Å². The van der Waals surface area contributed by atoms with Crippen LogP contribution in [0.25, 0.3) is 33.4 Å². The fraction of sp³-hybridized carbons (Fsp3) is 0.0980. The Bertz CT molecular complexity index is 2440. The Balaban J connectivity index is 1.28. The van der Waals surface area contributed by atoms with E-state index in [0.29, 0.717) is 0 Å². The Morgan fingerprint density at radius 3 is 1.55 bits per heavy atom. The second-order valence-corrected chi connectivity index (χ2v) is 14.5. The Morgan fingerprint density at radius 2 is 0.962 bits per heavy atom. The first-order chi connectivity index (χ1) is 26.1. The van der Waals surface area contributed by atoms with E-state index < -0.39 is 0 Å². The molecule has 0 saturated heterocycles. The lowest BCUT2D eigenvalue weighted by atomic mass is 9.82. The quantitative estimate of drug-likeness (QED) is 0.157. The Labute approximate surface area is 313 Å². The van der Waals surface area contributed by atoms with Crippen molar-refractivity contribution in [2.24, 2.45) is 0 Å². The number of allylic oxidation sites excluding steroid dienone is 4. The first kappa shape index (κ1) is 32.5. The standard InChI is InChI=1S/C51H42N2/c1-51(2)47-26-16-15-25-46(47)50-48(51)35-45(52(41-21-11-5-12-22-41)43-31-27-39(28-32-43)37-17-7-3-8-18-37)36-49(50)53(42-23-13-6-14-24-42)44-33-29-40(30-34-44)38-19-9-4-10-20-38/h3-11,13-21,23-36H,12,22H2,1-2H3. The van der Waals surface area contributed by atoms with Crippen LogP contribution in [0.4, 0.5) is 28.4 Å². The number of benzene rings is 7. The number of nitrogens with zero attached hydrogens (tertiary/aromatic N) is 2. The van der Waals surface area contributed by atoms with Crippen molar-refractivity contribution in [3.63, 3.8) is 0 Å². The third-order valence-corrected chi connectivity index (χ3v) is 10.9. The molecule has 0 spiro atoms. The molecule has 0 amide bonds. The lowest BCUT2D eigenvalue weighted by Crippen LogP contribution is -2.21. The van der Waals surface area contributed by atoms with Gasteiger partial charge in [0.2, 0.25) is 0 Å². The number of fused-ring (bicyclic) bond motifs is 3. The molecule has 0 unspecified atom stereocenters. The van der Waals surface area contributed by atoms with Gasteiger partial charge in [0.05, 0.1) is 5.69 Å². The summed E-state index contributed by atoms with van der Waals surface area (Å²) in [6.07, 6.45) is 8.76. The van der Waals surface area contributed by atoms with Crippen LogP contribution in [0.5, 0.6) is 0 Å². The molecular weight excluding hydrogens is 641 g/mol. The summed E-state index contributed by atoms with van der Waals surface area (Å²) in [6.45, 7) is 4.77. The van der Waals surface area contributed by atoms with Gasteiger partial charge < -0.3 is 9.80 Å². The molecule has 0 heterocycles. The normalized spacial score (nSPS) is 13.9. The van der Waals surface area contributed by atoms with Crippen LogP contribution in [-0.2, 0) is 5.41 Å². The van der Waals surface area contributed by atoms with E-state index in [2.05, 4.69) is 218 Å². The largest absolute Gasteiger partial charge is 0.314 e. The molecule has 0 aromatic heterocycles. The van der Waals surface area contributed by atoms with E-state index in [1.165, 1.54) is 55.9 Å². The van der Waals surface area contributed by atoms with Crippen LogP contribution >= 0.6 is 0 Å². The summed E-state index contributed by atoms with van der Waals surface area (Å²) in [5, 5.41) is 0. The molecule has 7 aromatic rings. The zero-order valence-corrected chi connectivity index (χ0v) is 30.3. The topological polar surface area (TPSA) is 6.48 Å². The van der Waals surface area contributed by atoms with Crippen LogP contribution in [0.1, 0.15) is 37.8 Å². The van der Waals surface area contributed by atoms with Crippen LogP contribution in [0.2, 0.25) is 0 Å². The summed E-state index contributed by atoms with van der Waals surface area (Å²) in [4.78, 5) is 4.95. The van der Waals surface area contributed by atoms with Crippen LogP contribution in [0, 0.1) is 0 Å². The maximum atomic E-state index is 2.49. The number of hydrogen-bond donors (Lipinski definition) is 0. The minimum atomic E-state index is -0.195. The van der Waals surface area contributed by atoms with E-state index in [0.717, 1.165) is 35.6 Å². The van der Waals surface area contributed by atoms with Gasteiger partial charge in [-0.1, -0.05) is 153 Å². The molecule has 53 heavy (non-hydrogen) atoms. The van der Waals surface area contributed by atoms with Gasteiger partial charge in [0.25, 0.3) is 0 Å². The third-order valence-electron chi connectivity index (χ3n) is 10.9. The van der Waals surface area contributed by atoms with Gasteiger partial charge in [-0.2, -0.15) is 0 Å². The van der Waals surface area contributed by atoms with Crippen LogP contribution < -0.4 is 9.80 Å². The fourth-order valence-electron chi connectivity index (χ4n) is 8.21. The second-order valence-electron chi connectivity index (χ2n) is 14.5. The highest BCUT2D eigenvalue weighted by atomic mass is 15.2. The first-order valence-electron chi connectivity index (χ1n) is 18.7. The highest BCUT2D eigenvalue weighted by Gasteiger charge is 2.39. The first-order valence-corrected chi connectivity index (χ1v) is 18.7. The van der Waals surface area contributed by atoms with Gasteiger partial charge in [0.1, 0.15) is 0 Å². The summed E-state index contributed by atoms with van der Waals surface area (Å²) in [5.41, 5.74) is 17.0. The molecule has 2 aliphatic carbocycles. The van der Waals surface area contributed by atoms with Gasteiger partial charge in [-0.05, 0) is 106 Å². The Hall–Kier alpha value is -6.38. The van der Waals surface area contributed by atoms with Gasteiger partial charge >= 0.3 is 0 Å². The highest BCUT2D eigenvalue weighted by Crippen LogP contribution is 2.56. The van der Waals surface area contributed by atoms with Crippen molar-refractivity contribution in [1.29, 1.82) is 0 Å². The van der Waals surface area contributed by atoms with Crippen molar-refractivity contribution in [1.82, 2.24) is 0 Å². The van der Waals surface area contributed by atoms with Crippen molar-refractivity contribution < 1.29 is 0 Å². The van der Waals surface area contributed by atoms with E-state index in [9.17, 15) is 0 Å². The Morgan fingerprint density at radius 1 is 0.453 bits per heavy atom. The third kappa shape index (κ3) is 5.97. The SMILES string of the molecule is CC1(C)c2ccccc2-c2c(N(c3ccccc3)c3ccc(-c4ccccc4)cc3)cc(N(C3=CC=CCC3)c3ccc(-c4ccccc4)cc3)cc21. The molecular formula is C51H42N2. The molecule has 2 aliphatic rings. The molecule has 256 valence electrons. The monoisotopic (exact) mass is 682 g/mol. The summed E-state index contributed by atoms with van der Waals surface area (Å²) in [6, 6.07) is 64.1. The molecule has 0 N–H and O–H groups in total. The predicted molar refractivity (Wildman–Crippen MR) is 225 cm³/mol. The van der Waals surface area contributed by atoms with E-state index in [1.807, 2.05) is 0 Å². The molecule has 0 saturated carbocycles. The molecule has 7 aromatic carbocycles. The second kappa shape index (κ2) is 13.6. The van der Waals surface area contributed by atoms with Crippen molar-refractivity contribution in [3.8, 4) is 33.4 Å². The number of anilines is 5. The van der Waals surface area contributed by atoms with Gasteiger partial charge in [-0.3, -0.25) is 0 Å². The zero-order chi connectivity index (χ0) is 35.8. The number of para-hydroxylation sites is 1. The smallest absolute Gasteiger partial charge is 0.0564 e. The fourth-order valence-corrected chi connectivity index (χ4v) is 8.21. The van der Waals surface area contributed by atoms with Crippen LogP contribution in [0.15, 0.2) is 200 Å².